The van der Waals surface area contributed by atoms with Crippen LogP contribution in [0.25, 0.3) is 32.7 Å². The topological polar surface area (TPSA) is 52.5 Å². The van der Waals surface area contributed by atoms with Gasteiger partial charge in [-0.1, -0.05) is 67.9 Å². The van der Waals surface area contributed by atoms with Crippen LogP contribution in [0.3, 0.4) is 0 Å². The highest BCUT2D eigenvalue weighted by molar-refractivity contribution is 6.10. The maximum absolute atomic E-state index is 11.2. The Morgan fingerprint density at radius 2 is 1.46 bits per heavy atom. The number of phenolic OH excluding ortho intramolecular Hbond substituents is 2. The first-order chi connectivity index (χ1) is 13.7. The molecular formula is C25H25NO2. The summed E-state index contributed by atoms with van der Waals surface area (Å²) in [5.41, 5.74) is 2.22. The van der Waals surface area contributed by atoms with E-state index < -0.39 is 0 Å². The zero-order valence-electron chi connectivity index (χ0n) is 16.1. The van der Waals surface area contributed by atoms with Crippen LogP contribution in [-0.2, 0) is 6.54 Å². The van der Waals surface area contributed by atoms with Crippen LogP contribution in [-0.4, -0.2) is 16.8 Å². The molecule has 3 nitrogen and oxygen atoms in total. The Hall–Kier alpha value is -3.04. The fourth-order valence-corrected chi connectivity index (χ4v) is 3.83. The number of fused-ring (bicyclic) bond motifs is 2. The zero-order chi connectivity index (χ0) is 19.5. The van der Waals surface area contributed by atoms with E-state index in [1.54, 1.807) is 6.07 Å². The highest BCUT2D eigenvalue weighted by atomic mass is 16.3. The minimum absolute atomic E-state index is 0.176. The summed E-state index contributed by atoms with van der Waals surface area (Å²) in [7, 11) is 0. The molecule has 0 heterocycles. The van der Waals surface area contributed by atoms with E-state index in [1.807, 2.05) is 54.6 Å². The molecule has 0 aliphatic rings. The summed E-state index contributed by atoms with van der Waals surface area (Å²) >= 11 is 0. The highest BCUT2D eigenvalue weighted by Gasteiger charge is 2.19. The molecule has 0 fully saturated rings. The molecule has 4 aromatic rings. The predicted molar refractivity (Wildman–Crippen MR) is 117 cm³/mol. The molecule has 0 saturated heterocycles. The molecule has 0 unspecified atom stereocenters. The molecule has 0 saturated carbocycles. The van der Waals surface area contributed by atoms with Gasteiger partial charge in [-0.3, -0.25) is 0 Å². The normalized spacial score (nSPS) is 11.3. The van der Waals surface area contributed by atoms with E-state index in [1.165, 1.54) is 0 Å². The molecule has 4 rings (SSSR count). The van der Waals surface area contributed by atoms with E-state index in [0.29, 0.717) is 17.7 Å². The lowest BCUT2D eigenvalue weighted by atomic mass is 9.90. The lowest BCUT2D eigenvalue weighted by molar-refractivity contribution is 0.463. The number of benzene rings is 4. The van der Waals surface area contributed by atoms with Gasteiger partial charge in [-0.25, -0.2) is 0 Å². The third-order valence-electron chi connectivity index (χ3n) is 5.28. The molecule has 28 heavy (non-hydrogen) atoms. The van der Waals surface area contributed by atoms with Gasteiger partial charge >= 0.3 is 0 Å². The SMILES string of the molecule is CCCCNCc1cc2ccccc2c(-c2c(O)ccc3ccccc23)c1O. The van der Waals surface area contributed by atoms with Crippen molar-refractivity contribution in [2.75, 3.05) is 6.54 Å². The van der Waals surface area contributed by atoms with Gasteiger partial charge in [-0.2, -0.15) is 0 Å². The van der Waals surface area contributed by atoms with Gasteiger partial charge in [0.2, 0.25) is 0 Å². The number of unbranched alkanes of at least 4 members (excludes halogenated alkanes) is 1. The van der Waals surface area contributed by atoms with Gasteiger partial charge in [0.1, 0.15) is 11.5 Å². The lowest BCUT2D eigenvalue weighted by Gasteiger charge is -2.17. The van der Waals surface area contributed by atoms with E-state index in [0.717, 1.165) is 46.5 Å². The van der Waals surface area contributed by atoms with Crippen molar-refractivity contribution >= 4 is 21.5 Å². The minimum Gasteiger partial charge on any atom is -0.507 e. The summed E-state index contributed by atoms with van der Waals surface area (Å²) in [4.78, 5) is 0. The van der Waals surface area contributed by atoms with Gasteiger partial charge in [0.05, 0.1) is 0 Å². The fraction of sp³-hybridized carbons (Fsp3) is 0.200. The maximum Gasteiger partial charge on any atom is 0.128 e. The highest BCUT2D eigenvalue weighted by Crippen LogP contribution is 2.45. The van der Waals surface area contributed by atoms with E-state index in [9.17, 15) is 10.2 Å². The van der Waals surface area contributed by atoms with E-state index in [4.69, 9.17) is 0 Å². The Bertz CT molecular complexity index is 1130. The molecule has 0 amide bonds. The Morgan fingerprint density at radius 3 is 2.21 bits per heavy atom. The van der Waals surface area contributed by atoms with Crippen LogP contribution in [0.5, 0.6) is 11.5 Å². The molecule has 3 heteroatoms. The van der Waals surface area contributed by atoms with Crippen molar-refractivity contribution in [2.24, 2.45) is 0 Å². The van der Waals surface area contributed by atoms with Crippen molar-refractivity contribution in [1.29, 1.82) is 0 Å². The number of hydrogen-bond donors (Lipinski definition) is 3. The quantitative estimate of drug-likeness (QED) is 0.367. The van der Waals surface area contributed by atoms with Crippen LogP contribution in [0.15, 0.2) is 66.7 Å². The number of hydrogen-bond acceptors (Lipinski definition) is 3. The molecule has 0 aliphatic carbocycles. The fourth-order valence-electron chi connectivity index (χ4n) is 3.83. The zero-order valence-corrected chi connectivity index (χ0v) is 16.1. The van der Waals surface area contributed by atoms with Gasteiger partial charge in [-0.05, 0) is 46.6 Å². The van der Waals surface area contributed by atoms with Crippen molar-refractivity contribution in [3.63, 3.8) is 0 Å². The Morgan fingerprint density at radius 1 is 0.786 bits per heavy atom. The van der Waals surface area contributed by atoms with Crippen molar-refractivity contribution < 1.29 is 10.2 Å². The average Bonchev–Trinajstić information content (AvgIpc) is 2.72. The molecule has 0 aliphatic heterocycles. The minimum atomic E-state index is 0.176. The van der Waals surface area contributed by atoms with Gasteiger partial charge in [-0.15, -0.1) is 0 Å². The van der Waals surface area contributed by atoms with Gasteiger partial charge in [0, 0.05) is 23.2 Å². The largest absolute Gasteiger partial charge is 0.507 e. The molecular weight excluding hydrogens is 346 g/mol. The van der Waals surface area contributed by atoms with Crippen LogP contribution in [0.1, 0.15) is 25.3 Å². The van der Waals surface area contributed by atoms with Gasteiger partial charge in [0.25, 0.3) is 0 Å². The van der Waals surface area contributed by atoms with E-state index in [2.05, 4.69) is 18.3 Å². The molecule has 4 aromatic carbocycles. The van der Waals surface area contributed by atoms with Crippen molar-refractivity contribution in [3.8, 4) is 22.6 Å². The molecule has 0 radical (unpaired) electrons. The van der Waals surface area contributed by atoms with Crippen molar-refractivity contribution in [3.05, 3.63) is 72.3 Å². The summed E-state index contributed by atoms with van der Waals surface area (Å²) in [6.45, 7) is 3.67. The van der Waals surface area contributed by atoms with Crippen LogP contribution < -0.4 is 5.32 Å². The summed E-state index contributed by atoms with van der Waals surface area (Å²) in [5, 5.41) is 29.3. The summed E-state index contributed by atoms with van der Waals surface area (Å²) in [6, 6.07) is 21.6. The third kappa shape index (κ3) is 3.30. The number of aromatic hydroxyl groups is 2. The number of nitrogens with one attached hydrogen (secondary N) is 1. The maximum atomic E-state index is 11.2. The standard InChI is InChI=1S/C25H25NO2/c1-2-3-14-26-16-19-15-18-9-5-7-11-21(18)24(25(19)28)23-20-10-6-4-8-17(20)12-13-22(23)27/h4-13,15,26-28H,2-3,14,16H2,1H3. The Kier molecular flexibility index (Phi) is 5.18. The smallest absolute Gasteiger partial charge is 0.128 e. The average molecular weight is 371 g/mol. The molecule has 142 valence electrons. The first kappa shape index (κ1) is 18.3. The van der Waals surface area contributed by atoms with Gasteiger partial charge in [0.15, 0.2) is 0 Å². The van der Waals surface area contributed by atoms with Gasteiger partial charge < -0.3 is 15.5 Å². The summed E-state index contributed by atoms with van der Waals surface area (Å²) < 4.78 is 0. The molecule has 0 aromatic heterocycles. The summed E-state index contributed by atoms with van der Waals surface area (Å²) in [5.74, 6) is 0.407. The summed E-state index contributed by atoms with van der Waals surface area (Å²) in [6.07, 6.45) is 2.23. The first-order valence-electron chi connectivity index (χ1n) is 9.86. The van der Waals surface area contributed by atoms with E-state index >= 15 is 0 Å². The van der Waals surface area contributed by atoms with Crippen molar-refractivity contribution in [1.82, 2.24) is 5.32 Å². The van der Waals surface area contributed by atoms with Crippen LogP contribution in [0, 0.1) is 0 Å². The second kappa shape index (κ2) is 7.91. The molecule has 3 N–H and O–H groups in total. The number of phenols is 2. The lowest BCUT2D eigenvalue weighted by Crippen LogP contribution is -2.14. The van der Waals surface area contributed by atoms with Crippen molar-refractivity contribution in [2.45, 2.75) is 26.3 Å². The second-order valence-electron chi connectivity index (χ2n) is 7.19. The molecule has 0 atom stereocenters. The number of rotatable bonds is 6. The Balaban J connectivity index is 1.96. The predicted octanol–water partition coefficient (Wildman–Crippen LogP) is 5.96. The van der Waals surface area contributed by atoms with Crippen LogP contribution in [0.2, 0.25) is 0 Å². The molecule has 0 bridgehead atoms. The van der Waals surface area contributed by atoms with Crippen LogP contribution >= 0.6 is 0 Å². The van der Waals surface area contributed by atoms with Crippen LogP contribution in [0.4, 0.5) is 0 Å². The first-order valence-corrected chi connectivity index (χ1v) is 9.86. The monoisotopic (exact) mass is 371 g/mol. The van der Waals surface area contributed by atoms with E-state index in [-0.39, 0.29) is 11.5 Å². The molecule has 0 spiro atoms. The third-order valence-corrected chi connectivity index (χ3v) is 5.28. The second-order valence-corrected chi connectivity index (χ2v) is 7.19. The Labute approximate surface area is 165 Å².